The largest absolute Gasteiger partial charge is 0.375 e. The molecule has 30 heavy (non-hydrogen) atoms. The van der Waals surface area contributed by atoms with E-state index in [1.54, 1.807) is 0 Å². The van der Waals surface area contributed by atoms with Crippen LogP contribution in [-0.4, -0.2) is 74.4 Å². The molecule has 0 amide bonds. The molecule has 3 fully saturated rings. The fourth-order valence-electron chi connectivity index (χ4n) is 4.91. The Morgan fingerprint density at radius 2 is 1.73 bits per heavy atom. The van der Waals surface area contributed by atoms with E-state index >= 15 is 0 Å². The van der Waals surface area contributed by atoms with Gasteiger partial charge in [-0.05, 0) is 49.9 Å². The minimum absolute atomic E-state index is 0.148. The van der Waals surface area contributed by atoms with Crippen LogP contribution in [0.4, 0.5) is 0 Å². The van der Waals surface area contributed by atoms with Crippen LogP contribution in [0.3, 0.4) is 0 Å². The van der Waals surface area contributed by atoms with Crippen LogP contribution in [0.5, 0.6) is 0 Å². The van der Waals surface area contributed by atoms with Crippen molar-refractivity contribution in [2.45, 2.75) is 63.8 Å². The highest BCUT2D eigenvalue weighted by Gasteiger charge is 2.32. The van der Waals surface area contributed by atoms with E-state index in [-0.39, 0.29) is 12.2 Å². The van der Waals surface area contributed by atoms with Crippen molar-refractivity contribution in [3.63, 3.8) is 0 Å². The number of aliphatic imine (C=N–C) groups is 1. The molecule has 166 valence electrons. The lowest BCUT2D eigenvalue weighted by atomic mass is 10.1. The van der Waals surface area contributed by atoms with Crippen molar-refractivity contribution in [2.24, 2.45) is 4.99 Å². The highest BCUT2D eigenvalue weighted by molar-refractivity contribution is 5.80. The highest BCUT2D eigenvalue weighted by atomic mass is 16.5. The molecular weight excluding hydrogens is 376 g/mol. The zero-order valence-electron chi connectivity index (χ0n) is 18.5. The summed E-state index contributed by atoms with van der Waals surface area (Å²) in [6.45, 7) is 7.62. The number of rotatable bonds is 5. The summed E-state index contributed by atoms with van der Waals surface area (Å²) < 4.78 is 11.9. The number of hydrogen-bond acceptors (Lipinski definition) is 4. The Morgan fingerprint density at radius 3 is 2.47 bits per heavy atom. The summed E-state index contributed by atoms with van der Waals surface area (Å²) in [5, 5.41) is 3.62. The van der Waals surface area contributed by atoms with Crippen molar-refractivity contribution in [3.05, 3.63) is 35.4 Å². The van der Waals surface area contributed by atoms with Crippen LogP contribution in [0, 0.1) is 0 Å². The Bertz CT molecular complexity index is 682. The van der Waals surface area contributed by atoms with Gasteiger partial charge in [0, 0.05) is 39.8 Å². The first-order chi connectivity index (χ1) is 14.8. The van der Waals surface area contributed by atoms with Gasteiger partial charge in [-0.2, -0.15) is 0 Å². The Balaban J connectivity index is 1.34. The van der Waals surface area contributed by atoms with Crippen molar-refractivity contribution >= 4 is 5.96 Å². The average Bonchev–Trinajstić information content (AvgIpc) is 3.21. The molecule has 4 rings (SSSR count). The molecule has 0 spiro atoms. The predicted octanol–water partition coefficient (Wildman–Crippen LogP) is 3.02. The third-order valence-electron chi connectivity index (χ3n) is 6.63. The van der Waals surface area contributed by atoms with Crippen molar-refractivity contribution in [2.75, 3.05) is 46.4 Å². The molecule has 0 saturated carbocycles. The molecule has 6 nitrogen and oxygen atoms in total. The first-order valence-corrected chi connectivity index (χ1v) is 11.8. The molecule has 3 aliphatic rings. The molecule has 1 N–H and O–H groups in total. The van der Waals surface area contributed by atoms with E-state index in [2.05, 4.69) is 44.4 Å². The SMILES string of the molecule is CN=C(NCc1ccccc1CN1CCCCCC1)N1CCOC(C2CCCO2)C1. The van der Waals surface area contributed by atoms with Crippen molar-refractivity contribution in [3.8, 4) is 0 Å². The van der Waals surface area contributed by atoms with E-state index in [0.29, 0.717) is 0 Å². The first kappa shape index (κ1) is 21.6. The fourth-order valence-corrected chi connectivity index (χ4v) is 4.91. The van der Waals surface area contributed by atoms with Gasteiger partial charge in [0.15, 0.2) is 5.96 Å². The van der Waals surface area contributed by atoms with E-state index in [1.807, 2.05) is 7.05 Å². The first-order valence-electron chi connectivity index (χ1n) is 11.8. The Labute approximate surface area is 181 Å². The number of nitrogens with zero attached hydrogens (tertiary/aromatic N) is 3. The normalized spacial score (nSPS) is 26.6. The van der Waals surface area contributed by atoms with Crippen molar-refractivity contribution in [1.29, 1.82) is 0 Å². The predicted molar refractivity (Wildman–Crippen MR) is 121 cm³/mol. The van der Waals surface area contributed by atoms with Crippen LogP contribution in [0.1, 0.15) is 49.7 Å². The van der Waals surface area contributed by atoms with Crippen LogP contribution in [0.15, 0.2) is 29.3 Å². The number of likely N-dealkylation sites (tertiary alicyclic amines) is 1. The van der Waals surface area contributed by atoms with E-state index < -0.39 is 0 Å². The van der Waals surface area contributed by atoms with Gasteiger partial charge in [-0.15, -0.1) is 0 Å². The third kappa shape index (κ3) is 5.74. The smallest absolute Gasteiger partial charge is 0.194 e. The molecule has 0 bridgehead atoms. The topological polar surface area (TPSA) is 49.3 Å². The molecule has 1 aromatic carbocycles. The molecule has 2 atom stereocenters. The molecule has 3 saturated heterocycles. The maximum absolute atomic E-state index is 6.01. The van der Waals surface area contributed by atoms with Crippen LogP contribution in [-0.2, 0) is 22.6 Å². The second-order valence-electron chi connectivity index (χ2n) is 8.77. The lowest BCUT2D eigenvalue weighted by Gasteiger charge is -2.37. The molecule has 2 unspecified atom stereocenters. The molecule has 1 aromatic rings. The molecule has 0 aliphatic carbocycles. The molecule has 3 aliphatic heterocycles. The van der Waals surface area contributed by atoms with Crippen molar-refractivity contribution in [1.82, 2.24) is 15.1 Å². The van der Waals surface area contributed by atoms with Crippen LogP contribution < -0.4 is 5.32 Å². The Morgan fingerprint density at radius 1 is 0.967 bits per heavy atom. The van der Waals surface area contributed by atoms with Crippen LogP contribution >= 0.6 is 0 Å². The van der Waals surface area contributed by atoms with Gasteiger partial charge in [-0.3, -0.25) is 9.89 Å². The number of benzene rings is 1. The summed E-state index contributed by atoms with van der Waals surface area (Å²) in [4.78, 5) is 9.52. The average molecular weight is 415 g/mol. The third-order valence-corrected chi connectivity index (χ3v) is 6.63. The second-order valence-corrected chi connectivity index (χ2v) is 8.77. The summed E-state index contributed by atoms with van der Waals surface area (Å²) >= 11 is 0. The zero-order chi connectivity index (χ0) is 20.6. The Kier molecular flexibility index (Phi) is 8.01. The monoisotopic (exact) mass is 414 g/mol. The van der Waals surface area contributed by atoms with Gasteiger partial charge in [0.2, 0.25) is 0 Å². The van der Waals surface area contributed by atoms with Gasteiger partial charge < -0.3 is 19.7 Å². The Hall–Kier alpha value is -1.63. The summed E-state index contributed by atoms with van der Waals surface area (Å²) in [6.07, 6.45) is 8.05. The van der Waals surface area contributed by atoms with Gasteiger partial charge in [0.1, 0.15) is 6.10 Å². The van der Waals surface area contributed by atoms with E-state index in [1.165, 1.54) is 49.9 Å². The summed E-state index contributed by atoms with van der Waals surface area (Å²) in [5.74, 6) is 0.964. The zero-order valence-corrected chi connectivity index (χ0v) is 18.5. The van der Waals surface area contributed by atoms with Gasteiger partial charge in [-0.25, -0.2) is 0 Å². The lowest BCUT2D eigenvalue weighted by Crippen LogP contribution is -2.53. The van der Waals surface area contributed by atoms with E-state index in [4.69, 9.17) is 9.47 Å². The summed E-state index contributed by atoms with van der Waals surface area (Å²) in [5.41, 5.74) is 2.80. The minimum Gasteiger partial charge on any atom is -0.375 e. The lowest BCUT2D eigenvalue weighted by molar-refractivity contribution is -0.0817. The van der Waals surface area contributed by atoms with Crippen molar-refractivity contribution < 1.29 is 9.47 Å². The fraction of sp³-hybridized carbons (Fsp3) is 0.708. The molecule has 6 heteroatoms. The van der Waals surface area contributed by atoms with Gasteiger partial charge in [0.25, 0.3) is 0 Å². The number of guanidine groups is 1. The number of nitrogens with one attached hydrogen (secondary N) is 1. The molecule has 0 radical (unpaired) electrons. The molecular formula is C24H38N4O2. The number of ether oxygens (including phenoxy) is 2. The second kappa shape index (κ2) is 11.1. The maximum atomic E-state index is 6.01. The highest BCUT2D eigenvalue weighted by Crippen LogP contribution is 2.21. The molecule has 0 aromatic heterocycles. The standard InChI is InChI=1S/C24H38N4O2/c1-25-24(28-14-16-30-23(19-28)22-11-8-15-29-22)26-17-20-9-4-5-10-21(20)18-27-12-6-2-3-7-13-27/h4-5,9-10,22-23H,2-3,6-8,11-19H2,1H3,(H,25,26). The number of hydrogen-bond donors (Lipinski definition) is 1. The maximum Gasteiger partial charge on any atom is 0.194 e. The van der Waals surface area contributed by atoms with Gasteiger partial charge in [0.05, 0.1) is 12.7 Å². The van der Waals surface area contributed by atoms with Gasteiger partial charge in [-0.1, -0.05) is 37.1 Å². The quantitative estimate of drug-likeness (QED) is 0.593. The summed E-state index contributed by atoms with van der Waals surface area (Å²) in [6, 6.07) is 8.85. The van der Waals surface area contributed by atoms with Crippen LogP contribution in [0.25, 0.3) is 0 Å². The van der Waals surface area contributed by atoms with E-state index in [9.17, 15) is 0 Å². The van der Waals surface area contributed by atoms with Gasteiger partial charge >= 0.3 is 0 Å². The minimum atomic E-state index is 0.148. The summed E-state index contributed by atoms with van der Waals surface area (Å²) in [7, 11) is 1.88. The number of morpholine rings is 1. The van der Waals surface area contributed by atoms with Crippen LogP contribution in [0.2, 0.25) is 0 Å². The van der Waals surface area contributed by atoms with E-state index in [0.717, 1.165) is 58.2 Å². The molecule has 3 heterocycles.